The Hall–Kier alpha value is -3.99. The number of carbonyl (C=O) groups excluding carboxylic acids is 2. The smallest absolute Gasteiger partial charge is 0.271 e. The standard InChI is InChI=1S/C24H23N3O2/c1-19(10-9-17-25-2)26-24(29)22(18-21-13-7-4-8-14-21)27-23(28)16-15-20-11-5-3-6-12-20/h3-18H,2H2,1H3,(H,26,29)(H,27,28)/b16-15+,17-9-,19-10+,22-18-. The summed E-state index contributed by atoms with van der Waals surface area (Å²) in [6.07, 6.45) is 9.55. The summed E-state index contributed by atoms with van der Waals surface area (Å²) in [5, 5.41) is 5.40. The van der Waals surface area contributed by atoms with E-state index < -0.39 is 11.8 Å². The molecule has 5 heteroatoms. The average molecular weight is 385 g/mol. The highest BCUT2D eigenvalue weighted by molar-refractivity contribution is 6.04. The molecule has 0 atom stereocenters. The number of nitrogens with zero attached hydrogens (tertiary/aromatic N) is 1. The first-order valence-corrected chi connectivity index (χ1v) is 9.00. The zero-order valence-electron chi connectivity index (χ0n) is 16.2. The summed E-state index contributed by atoms with van der Waals surface area (Å²) in [6, 6.07) is 18.7. The summed E-state index contributed by atoms with van der Waals surface area (Å²) in [7, 11) is 0. The molecular formula is C24H23N3O2. The number of carbonyl (C=O) groups is 2. The van der Waals surface area contributed by atoms with Crippen molar-refractivity contribution >= 4 is 30.7 Å². The summed E-state index contributed by atoms with van der Waals surface area (Å²) in [6.45, 7) is 5.09. The van der Waals surface area contributed by atoms with Crippen LogP contribution in [0.2, 0.25) is 0 Å². The highest BCUT2D eigenvalue weighted by Gasteiger charge is 2.12. The molecule has 0 aliphatic heterocycles. The fourth-order valence-electron chi connectivity index (χ4n) is 2.32. The Labute approximate surface area is 170 Å². The minimum Gasteiger partial charge on any atom is -0.325 e. The SMILES string of the molecule is C=N/C=C\C=C(/C)NC(=O)/C(=C/c1ccccc1)NC(=O)/C=C/c1ccccc1. The highest BCUT2D eigenvalue weighted by atomic mass is 16.2. The lowest BCUT2D eigenvalue weighted by Gasteiger charge is -2.10. The summed E-state index contributed by atoms with van der Waals surface area (Å²) in [5.41, 5.74) is 2.42. The largest absolute Gasteiger partial charge is 0.325 e. The minimum atomic E-state index is -0.427. The molecule has 0 radical (unpaired) electrons. The number of amides is 2. The lowest BCUT2D eigenvalue weighted by molar-refractivity contribution is -0.120. The van der Waals surface area contributed by atoms with Crippen molar-refractivity contribution in [2.75, 3.05) is 0 Å². The molecule has 2 rings (SSSR count). The molecule has 0 aliphatic carbocycles. The van der Waals surface area contributed by atoms with Crippen molar-refractivity contribution in [1.82, 2.24) is 10.6 Å². The molecule has 0 aliphatic rings. The number of rotatable bonds is 8. The van der Waals surface area contributed by atoms with Gasteiger partial charge >= 0.3 is 0 Å². The third-order valence-corrected chi connectivity index (χ3v) is 3.69. The van der Waals surface area contributed by atoms with E-state index >= 15 is 0 Å². The van der Waals surface area contributed by atoms with Crippen LogP contribution < -0.4 is 10.6 Å². The maximum atomic E-state index is 12.7. The zero-order chi connectivity index (χ0) is 20.9. The van der Waals surface area contributed by atoms with Crippen molar-refractivity contribution in [2.45, 2.75) is 6.92 Å². The van der Waals surface area contributed by atoms with Gasteiger partial charge in [0.2, 0.25) is 5.91 Å². The molecule has 0 fully saturated rings. The van der Waals surface area contributed by atoms with E-state index in [1.165, 1.54) is 12.3 Å². The first-order chi connectivity index (χ1) is 14.1. The maximum Gasteiger partial charge on any atom is 0.271 e. The van der Waals surface area contributed by atoms with E-state index in [9.17, 15) is 9.59 Å². The lowest BCUT2D eigenvalue weighted by atomic mass is 10.2. The van der Waals surface area contributed by atoms with Gasteiger partial charge in [-0.2, -0.15) is 0 Å². The molecular weight excluding hydrogens is 362 g/mol. The highest BCUT2D eigenvalue weighted by Crippen LogP contribution is 2.07. The van der Waals surface area contributed by atoms with E-state index in [2.05, 4.69) is 22.3 Å². The molecule has 0 bridgehead atoms. The number of hydrogen-bond donors (Lipinski definition) is 2. The van der Waals surface area contributed by atoms with Crippen molar-refractivity contribution in [3.8, 4) is 0 Å². The summed E-state index contributed by atoms with van der Waals surface area (Å²) < 4.78 is 0. The molecule has 2 aromatic carbocycles. The van der Waals surface area contributed by atoms with Crippen LogP contribution in [0.3, 0.4) is 0 Å². The third kappa shape index (κ3) is 8.05. The van der Waals surface area contributed by atoms with Crippen LogP contribution in [0.15, 0.2) is 101 Å². The van der Waals surface area contributed by atoms with E-state index in [4.69, 9.17) is 0 Å². The van der Waals surface area contributed by atoms with Crippen molar-refractivity contribution in [3.63, 3.8) is 0 Å². The molecule has 2 N–H and O–H groups in total. The molecule has 0 saturated heterocycles. The van der Waals surface area contributed by atoms with Crippen LogP contribution in [0, 0.1) is 0 Å². The quantitative estimate of drug-likeness (QED) is 0.408. The lowest BCUT2D eigenvalue weighted by Crippen LogP contribution is -2.33. The van der Waals surface area contributed by atoms with E-state index in [1.807, 2.05) is 60.7 Å². The predicted octanol–water partition coefficient (Wildman–Crippen LogP) is 4.09. The third-order valence-electron chi connectivity index (χ3n) is 3.69. The summed E-state index contributed by atoms with van der Waals surface area (Å²) in [4.78, 5) is 28.6. The van der Waals surface area contributed by atoms with Crippen LogP contribution in [0.5, 0.6) is 0 Å². The molecule has 0 spiro atoms. The van der Waals surface area contributed by atoms with Gasteiger partial charge in [-0.15, -0.1) is 0 Å². The molecule has 29 heavy (non-hydrogen) atoms. The van der Waals surface area contributed by atoms with Crippen LogP contribution in [0.25, 0.3) is 12.2 Å². The Bertz CT molecular complexity index is 956. The van der Waals surface area contributed by atoms with Gasteiger partial charge in [-0.05, 0) is 49.1 Å². The Morgan fingerprint density at radius 1 is 0.931 bits per heavy atom. The Kier molecular flexibility index (Phi) is 8.57. The van der Waals surface area contributed by atoms with Crippen molar-refractivity contribution in [1.29, 1.82) is 0 Å². The van der Waals surface area contributed by atoms with E-state index in [-0.39, 0.29) is 5.70 Å². The molecule has 0 aromatic heterocycles. The van der Waals surface area contributed by atoms with Crippen molar-refractivity contribution in [2.24, 2.45) is 4.99 Å². The van der Waals surface area contributed by atoms with Crippen LogP contribution in [-0.4, -0.2) is 18.5 Å². The van der Waals surface area contributed by atoms with Gasteiger partial charge < -0.3 is 10.6 Å². The molecule has 0 saturated carbocycles. The fourth-order valence-corrected chi connectivity index (χ4v) is 2.32. The van der Waals surface area contributed by atoms with E-state index in [0.29, 0.717) is 5.70 Å². The Morgan fingerprint density at radius 3 is 2.17 bits per heavy atom. The number of hydrogen-bond acceptors (Lipinski definition) is 3. The van der Waals surface area contributed by atoms with Gasteiger partial charge in [0.1, 0.15) is 5.70 Å². The first-order valence-electron chi connectivity index (χ1n) is 9.00. The minimum absolute atomic E-state index is 0.137. The summed E-state index contributed by atoms with van der Waals surface area (Å²) >= 11 is 0. The molecule has 2 amide bonds. The fraction of sp³-hybridized carbons (Fsp3) is 0.0417. The predicted molar refractivity (Wildman–Crippen MR) is 119 cm³/mol. The molecule has 5 nitrogen and oxygen atoms in total. The molecule has 2 aromatic rings. The average Bonchev–Trinajstić information content (AvgIpc) is 2.73. The van der Waals surface area contributed by atoms with Gasteiger partial charge in [-0.1, -0.05) is 60.7 Å². The maximum absolute atomic E-state index is 12.7. The second kappa shape index (κ2) is 11.7. The van der Waals surface area contributed by atoms with Gasteiger partial charge in [0.25, 0.3) is 5.91 Å². The Morgan fingerprint density at radius 2 is 1.55 bits per heavy atom. The van der Waals surface area contributed by atoms with Crippen LogP contribution >= 0.6 is 0 Å². The summed E-state index contributed by atoms with van der Waals surface area (Å²) in [5.74, 6) is -0.826. The van der Waals surface area contributed by atoms with Gasteiger partial charge in [0.15, 0.2) is 0 Å². The second-order valence-corrected chi connectivity index (χ2v) is 6.03. The number of benzene rings is 2. The number of aliphatic imine (C=N–C) groups is 1. The Balaban J connectivity index is 2.17. The topological polar surface area (TPSA) is 70.6 Å². The molecule has 0 heterocycles. The van der Waals surface area contributed by atoms with Crippen LogP contribution in [0.4, 0.5) is 0 Å². The monoisotopic (exact) mass is 385 g/mol. The van der Waals surface area contributed by atoms with Crippen molar-refractivity contribution < 1.29 is 9.59 Å². The van der Waals surface area contributed by atoms with Gasteiger partial charge in [0, 0.05) is 18.0 Å². The van der Waals surface area contributed by atoms with E-state index in [1.54, 1.807) is 31.2 Å². The first kappa shape index (κ1) is 21.3. The second-order valence-electron chi connectivity index (χ2n) is 6.03. The van der Waals surface area contributed by atoms with Crippen LogP contribution in [-0.2, 0) is 9.59 Å². The normalized spacial score (nSPS) is 12.2. The van der Waals surface area contributed by atoms with Gasteiger partial charge in [-0.3, -0.25) is 14.6 Å². The van der Waals surface area contributed by atoms with Gasteiger partial charge in [0.05, 0.1) is 0 Å². The zero-order valence-corrected chi connectivity index (χ0v) is 16.2. The van der Waals surface area contributed by atoms with E-state index in [0.717, 1.165) is 11.1 Å². The molecule has 146 valence electrons. The number of allylic oxidation sites excluding steroid dienone is 3. The van der Waals surface area contributed by atoms with Crippen molar-refractivity contribution in [3.05, 3.63) is 108 Å². The number of nitrogens with one attached hydrogen (secondary N) is 2. The molecule has 0 unspecified atom stereocenters. The van der Waals surface area contributed by atoms with Gasteiger partial charge in [-0.25, -0.2) is 0 Å². The van der Waals surface area contributed by atoms with Crippen LogP contribution in [0.1, 0.15) is 18.1 Å².